The van der Waals surface area contributed by atoms with Gasteiger partial charge in [0.25, 0.3) is 5.91 Å². The quantitative estimate of drug-likeness (QED) is 0.757. The van der Waals surface area contributed by atoms with E-state index in [1.165, 1.54) is 0 Å². The van der Waals surface area contributed by atoms with Crippen molar-refractivity contribution in [1.82, 2.24) is 10.2 Å². The highest BCUT2D eigenvalue weighted by Crippen LogP contribution is 2.36. The summed E-state index contributed by atoms with van der Waals surface area (Å²) in [6, 6.07) is 7.67. The lowest BCUT2D eigenvalue weighted by atomic mass is 9.92. The fraction of sp³-hybridized carbons (Fsp3) is 0.522. The van der Waals surface area contributed by atoms with Crippen molar-refractivity contribution in [1.29, 1.82) is 0 Å². The van der Waals surface area contributed by atoms with Crippen LogP contribution in [0.3, 0.4) is 0 Å². The third kappa shape index (κ3) is 4.97. The number of hydrogen-bond acceptors (Lipinski definition) is 7. The number of morpholine rings is 1. The normalized spacial score (nSPS) is 23.5. The summed E-state index contributed by atoms with van der Waals surface area (Å²) < 4.78 is 27.8. The Labute approximate surface area is 181 Å². The van der Waals surface area contributed by atoms with Gasteiger partial charge in [-0.25, -0.2) is 0 Å². The van der Waals surface area contributed by atoms with E-state index in [0.29, 0.717) is 12.1 Å². The lowest BCUT2D eigenvalue weighted by molar-refractivity contribution is 0.0313. The van der Waals surface area contributed by atoms with Gasteiger partial charge in [-0.2, -0.15) is 0 Å². The summed E-state index contributed by atoms with van der Waals surface area (Å²) in [5.74, 6) is 3.02. The third-order valence-corrected chi connectivity index (χ3v) is 6.06. The van der Waals surface area contributed by atoms with Gasteiger partial charge in [-0.05, 0) is 43.9 Å². The van der Waals surface area contributed by atoms with Gasteiger partial charge in [-0.3, -0.25) is 9.69 Å². The number of benzene rings is 1. The van der Waals surface area contributed by atoms with Crippen LogP contribution < -0.4 is 19.5 Å². The molecule has 1 aliphatic carbocycles. The summed E-state index contributed by atoms with van der Waals surface area (Å²) in [6.45, 7) is 4.23. The van der Waals surface area contributed by atoms with E-state index < -0.39 is 0 Å². The molecule has 0 unspecified atom stereocenters. The first-order valence-corrected chi connectivity index (χ1v) is 11.0. The molecule has 2 aliphatic heterocycles. The van der Waals surface area contributed by atoms with E-state index in [1.54, 1.807) is 6.26 Å². The number of nitrogens with zero attached hydrogens (tertiary/aromatic N) is 1. The van der Waals surface area contributed by atoms with Gasteiger partial charge in [-0.1, -0.05) is 0 Å². The minimum Gasteiger partial charge on any atom is -0.490 e. The first-order valence-electron chi connectivity index (χ1n) is 11.0. The number of carbonyl (C=O) groups excluding carboxylic acids is 1. The van der Waals surface area contributed by atoms with Crippen molar-refractivity contribution >= 4 is 5.91 Å². The van der Waals surface area contributed by atoms with Crippen LogP contribution in [-0.4, -0.2) is 56.0 Å². The maximum Gasteiger partial charge on any atom is 0.254 e. The highest BCUT2D eigenvalue weighted by molar-refractivity contribution is 5.94. The number of rotatable bonds is 6. The molecule has 2 fully saturated rings. The Kier molecular flexibility index (Phi) is 5.99. The Balaban J connectivity index is 1.08. The van der Waals surface area contributed by atoms with Gasteiger partial charge in [0.1, 0.15) is 17.8 Å². The van der Waals surface area contributed by atoms with Crippen LogP contribution in [0.2, 0.25) is 0 Å². The number of hydrogen-bond donors (Lipinski definition) is 1. The van der Waals surface area contributed by atoms with E-state index in [2.05, 4.69) is 10.2 Å². The van der Waals surface area contributed by atoms with Crippen LogP contribution in [0.5, 0.6) is 17.2 Å². The number of fused-ring (bicyclic) bond motifs is 1. The minimum absolute atomic E-state index is 0.0721. The van der Waals surface area contributed by atoms with Gasteiger partial charge in [0.15, 0.2) is 11.5 Å². The van der Waals surface area contributed by atoms with E-state index in [9.17, 15) is 4.79 Å². The number of nitrogens with one attached hydrogen (secondary N) is 1. The molecule has 1 saturated heterocycles. The molecule has 1 N–H and O–H groups in total. The number of furan rings is 1. The van der Waals surface area contributed by atoms with Crippen molar-refractivity contribution in [2.24, 2.45) is 0 Å². The van der Waals surface area contributed by atoms with Crippen molar-refractivity contribution in [3.05, 3.63) is 41.9 Å². The SMILES string of the molecule is O=C(NC1CCC(Oc2ccc3c(c2)OCO3)CC1)c1coc(CN2CCOCC2)c1. The van der Waals surface area contributed by atoms with Crippen molar-refractivity contribution in [3.8, 4) is 17.2 Å². The van der Waals surface area contributed by atoms with E-state index in [0.717, 1.165) is 75.0 Å². The third-order valence-electron chi connectivity index (χ3n) is 6.06. The zero-order valence-electron chi connectivity index (χ0n) is 17.5. The molecule has 1 aromatic heterocycles. The second-order valence-corrected chi connectivity index (χ2v) is 8.27. The highest BCUT2D eigenvalue weighted by atomic mass is 16.7. The van der Waals surface area contributed by atoms with Crippen LogP contribution in [-0.2, 0) is 11.3 Å². The number of amides is 1. The lowest BCUT2D eigenvalue weighted by Crippen LogP contribution is -2.39. The molecule has 31 heavy (non-hydrogen) atoms. The molecule has 1 amide bonds. The van der Waals surface area contributed by atoms with Crippen molar-refractivity contribution < 1.29 is 28.2 Å². The Morgan fingerprint density at radius 3 is 2.71 bits per heavy atom. The Bertz CT molecular complexity index is 899. The Morgan fingerprint density at radius 2 is 1.87 bits per heavy atom. The molecule has 3 heterocycles. The summed E-state index contributed by atoms with van der Waals surface area (Å²) in [5, 5.41) is 3.15. The second-order valence-electron chi connectivity index (χ2n) is 8.27. The average Bonchev–Trinajstić information content (AvgIpc) is 3.45. The molecule has 2 aromatic rings. The van der Waals surface area contributed by atoms with Gasteiger partial charge in [0.05, 0.1) is 31.4 Å². The molecule has 0 atom stereocenters. The van der Waals surface area contributed by atoms with E-state index in [-0.39, 0.29) is 24.8 Å². The first kappa shape index (κ1) is 20.2. The molecule has 0 radical (unpaired) electrons. The molecular weight excluding hydrogens is 400 g/mol. The van der Waals surface area contributed by atoms with Crippen molar-refractivity contribution in [2.75, 3.05) is 33.1 Å². The summed E-state index contributed by atoms with van der Waals surface area (Å²) in [7, 11) is 0. The molecule has 166 valence electrons. The van der Waals surface area contributed by atoms with Gasteiger partial charge >= 0.3 is 0 Å². The standard InChI is InChI=1S/C23H28N2O6/c26-23(16-11-20(28-14-16)13-25-7-9-27-10-8-25)24-17-1-3-18(4-2-17)31-19-5-6-21-22(12-19)30-15-29-21/h5-6,11-12,14,17-18H,1-4,7-10,13,15H2,(H,24,26). The zero-order valence-corrected chi connectivity index (χ0v) is 17.5. The molecule has 8 nitrogen and oxygen atoms in total. The first-order chi connectivity index (χ1) is 15.2. The van der Waals surface area contributed by atoms with Gasteiger partial charge in [0.2, 0.25) is 6.79 Å². The smallest absolute Gasteiger partial charge is 0.254 e. The molecular formula is C23H28N2O6. The average molecular weight is 428 g/mol. The van der Waals surface area contributed by atoms with Crippen LogP contribution in [0.4, 0.5) is 0 Å². The van der Waals surface area contributed by atoms with Crippen LogP contribution in [0.1, 0.15) is 41.8 Å². The molecule has 3 aliphatic rings. The summed E-state index contributed by atoms with van der Waals surface area (Å²) >= 11 is 0. The fourth-order valence-electron chi connectivity index (χ4n) is 4.30. The largest absolute Gasteiger partial charge is 0.490 e. The number of carbonyl (C=O) groups is 1. The van der Waals surface area contributed by atoms with Crippen LogP contribution in [0, 0.1) is 0 Å². The maximum absolute atomic E-state index is 12.6. The molecule has 0 bridgehead atoms. The summed E-state index contributed by atoms with van der Waals surface area (Å²) in [6.07, 6.45) is 5.26. The van der Waals surface area contributed by atoms with E-state index >= 15 is 0 Å². The molecule has 0 spiro atoms. The minimum atomic E-state index is -0.0721. The molecule has 8 heteroatoms. The lowest BCUT2D eigenvalue weighted by Gasteiger charge is -2.29. The zero-order chi connectivity index (χ0) is 21.0. The Morgan fingerprint density at radius 1 is 1.06 bits per heavy atom. The predicted octanol–water partition coefficient (Wildman–Crippen LogP) is 2.96. The molecule has 5 rings (SSSR count). The van der Waals surface area contributed by atoms with E-state index in [1.807, 2.05) is 24.3 Å². The van der Waals surface area contributed by atoms with Gasteiger partial charge < -0.3 is 28.7 Å². The molecule has 1 aromatic carbocycles. The van der Waals surface area contributed by atoms with Gasteiger partial charge in [0, 0.05) is 25.2 Å². The Hall–Kier alpha value is -2.71. The second kappa shape index (κ2) is 9.20. The van der Waals surface area contributed by atoms with Crippen LogP contribution in [0.15, 0.2) is 34.9 Å². The van der Waals surface area contributed by atoms with Crippen LogP contribution >= 0.6 is 0 Å². The fourth-order valence-corrected chi connectivity index (χ4v) is 4.30. The van der Waals surface area contributed by atoms with Crippen LogP contribution in [0.25, 0.3) is 0 Å². The summed E-state index contributed by atoms with van der Waals surface area (Å²) in [4.78, 5) is 14.9. The number of ether oxygens (including phenoxy) is 4. The van der Waals surface area contributed by atoms with E-state index in [4.69, 9.17) is 23.4 Å². The highest BCUT2D eigenvalue weighted by Gasteiger charge is 2.25. The van der Waals surface area contributed by atoms with Crippen molar-refractivity contribution in [3.63, 3.8) is 0 Å². The predicted molar refractivity (Wildman–Crippen MR) is 112 cm³/mol. The van der Waals surface area contributed by atoms with Crippen molar-refractivity contribution in [2.45, 2.75) is 44.4 Å². The summed E-state index contributed by atoms with van der Waals surface area (Å²) in [5.41, 5.74) is 0.585. The maximum atomic E-state index is 12.6. The molecule has 1 saturated carbocycles. The van der Waals surface area contributed by atoms with Gasteiger partial charge in [-0.15, -0.1) is 0 Å². The topological polar surface area (TPSA) is 82.4 Å². The monoisotopic (exact) mass is 428 g/mol.